The predicted octanol–water partition coefficient (Wildman–Crippen LogP) is 3.31. The maximum absolute atomic E-state index is 6.17. The lowest BCUT2D eigenvalue weighted by Crippen LogP contribution is -2.02. The second kappa shape index (κ2) is 4.15. The van der Waals surface area contributed by atoms with Gasteiger partial charge in [-0.2, -0.15) is 0 Å². The zero-order valence-corrected chi connectivity index (χ0v) is 10.7. The summed E-state index contributed by atoms with van der Waals surface area (Å²) in [7, 11) is 0. The molecule has 0 bridgehead atoms. The third-order valence-corrected chi connectivity index (χ3v) is 3.15. The molecule has 2 aromatic heterocycles. The highest BCUT2D eigenvalue weighted by molar-refractivity contribution is 6.34. The fourth-order valence-electron chi connectivity index (χ4n) is 1.82. The second-order valence-corrected chi connectivity index (χ2v) is 4.59. The number of hydrogen-bond donors (Lipinski definition) is 1. The van der Waals surface area contributed by atoms with E-state index in [1.165, 1.54) is 0 Å². The lowest BCUT2D eigenvalue weighted by Gasteiger charge is -2.08. The quantitative estimate of drug-likeness (QED) is 0.743. The molecule has 0 saturated heterocycles. The zero-order chi connectivity index (χ0) is 12.7. The highest BCUT2D eigenvalue weighted by Crippen LogP contribution is 2.29. The van der Waals surface area contributed by atoms with Crippen LogP contribution in [-0.2, 0) is 0 Å². The maximum Gasteiger partial charge on any atom is 0.207 e. The van der Waals surface area contributed by atoms with Crippen LogP contribution >= 0.6 is 23.2 Å². The van der Waals surface area contributed by atoms with Gasteiger partial charge in [-0.25, -0.2) is 9.97 Å². The van der Waals surface area contributed by atoms with Crippen LogP contribution in [0.5, 0.6) is 0 Å². The van der Waals surface area contributed by atoms with E-state index in [9.17, 15) is 0 Å². The number of halogens is 2. The minimum absolute atomic E-state index is 0.327. The van der Waals surface area contributed by atoms with Crippen molar-refractivity contribution < 1.29 is 0 Å². The fraction of sp³-hybridized carbons (Fsp3) is 0. The minimum Gasteiger partial charge on any atom is -0.369 e. The van der Waals surface area contributed by atoms with Gasteiger partial charge in [-0.05, 0) is 30.3 Å². The molecule has 0 fully saturated rings. The third-order valence-electron chi connectivity index (χ3n) is 2.59. The van der Waals surface area contributed by atoms with E-state index in [0.29, 0.717) is 32.8 Å². The first-order chi connectivity index (χ1) is 8.66. The van der Waals surface area contributed by atoms with Gasteiger partial charge in [-0.3, -0.25) is 4.57 Å². The SMILES string of the molecule is Nc1nc2cccnc2n1-c1cc(Cl)ccc1Cl. The molecule has 0 atom stereocenters. The monoisotopic (exact) mass is 278 g/mol. The zero-order valence-electron chi connectivity index (χ0n) is 9.14. The van der Waals surface area contributed by atoms with Gasteiger partial charge in [0.25, 0.3) is 0 Å². The number of aromatic nitrogens is 3. The molecule has 90 valence electrons. The van der Waals surface area contributed by atoms with Gasteiger partial charge in [0.2, 0.25) is 5.95 Å². The summed E-state index contributed by atoms with van der Waals surface area (Å²) >= 11 is 12.2. The molecule has 1 aromatic carbocycles. The lowest BCUT2D eigenvalue weighted by atomic mass is 10.3. The van der Waals surface area contributed by atoms with Gasteiger partial charge in [-0.15, -0.1) is 0 Å². The first-order valence-corrected chi connectivity index (χ1v) is 5.97. The van der Waals surface area contributed by atoms with Crippen LogP contribution in [0, 0.1) is 0 Å². The Bertz CT molecular complexity index is 736. The molecule has 0 aliphatic rings. The van der Waals surface area contributed by atoms with Gasteiger partial charge in [0.15, 0.2) is 5.65 Å². The van der Waals surface area contributed by atoms with E-state index >= 15 is 0 Å². The molecule has 0 unspecified atom stereocenters. The van der Waals surface area contributed by atoms with Crippen molar-refractivity contribution in [3.63, 3.8) is 0 Å². The van der Waals surface area contributed by atoms with Crippen LogP contribution in [0.25, 0.3) is 16.9 Å². The molecule has 0 spiro atoms. The average molecular weight is 279 g/mol. The number of nitrogens with two attached hydrogens (primary N) is 1. The van der Waals surface area contributed by atoms with Crippen molar-refractivity contribution in [1.29, 1.82) is 0 Å². The van der Waals surface area contributed by atoms with E-state index in [0.717, 1.165) is 0 Å². The number of pyridine rings is 1. The molecule has 18 heavy (non-hydrogen) atoms. The van der Waals surface area contributed by atoms with E-state index in [4.69, 9.17) is 28.9 Å². The number of fused-ring (bicyclic) bond motifs is 1. The summed E-state index contributed by atoms with van der Waals surface area (Å²) in [5, 5.41) is 1.11. The van der Waals surface area contributed by atoms with E-state index in [1.807, 2.05) is 6.07 Å². The molecule has 0 radical (unpaired) electrons. The summed E-state index contributed by atoms with van der Waals surface area (Å²) < 4.78 is 1.68. The molecule has 2 heterocycles. The Balaban J connectivity index is 2.37. The summed E-state index contributed by atoms with van der Waals surface area (Å²) in [6.07, 6.45) is 1.68. The van der Waals surface area contributed by atoms with Crippen molar-refractivity contribution in [2.45, 2.75) is 0 Å². The highest BCUT2D eigenvalue weighted by Gasteiger charge is 2.13. The number of nitrogen functional groups attached to an aromatic ring is 1. The van der Waals surface area contributed by atoms with E-state index in [1.54, 1.807) is 35.0 Å². The van der Waals surface area contributed by atoms with Crippen LogP contribution in [0.3, 0.4) is 0 Å². The molecule has 2 N–H and O–H groups in total. The second-order valence-electron chi connectivity index (χ2n) is 3.75. The van der Waals surface area contributed by atoms with Gasteiger partial charge >= 0.3 is 0 Å². The largest absolute Gasteiger partial charge is 0.369 e. The molecule has 3 aromatic rings. The lowest BCUT2D eigenvalue weighted by molar-refractivity contribution is 1.08. The van der Waals surface area contributed by atoms with E-state index in [-0.39, 0.29) is 0 Å². The summed E-state index contributed by atoms with van der Waals surface area (Å²) in [5.41, 5.74) is 7.95. The first-order valence-electron chi connectivity index (χ1n) is 5.21. The Morgan fingerprint density at radius 3 is 2.83 bits per heavy atom. The van der Waals surface area contributed by atoms with Crippen molar-refractivity contribution in [3.8, 4) is 5.69 Å². The molecule has 0 saturated carbocycles. The Labute approximate surface area is 113 Å². The minimum atomic E-state index is 0.327. The molecular formula is C12H8Cl2N4. The Morgan fingerprint density at radius 1 is 1.17 bits per heavy atom. The van der Waals surface area contributed by atoms with Crippen LogP contribution in [0.15, 0.2) is 36.5 Å². The van der Waals surface area contributed by atoms with Gasteiger partial charge in [-0.1, -0.05) is 23.2 Å². The molecule has 4 nitrogen and oxygen atoms in total. The molecule has 3 rings (SSSR count). The Hall–Kier alpha value is -1.78. The molecule has 0 amide bonds. The topological polar surface area (TPSA) is 56.7 Å². The van der Waals surface area contributed by atoms with Crippen LogP contribution in [0.4, 0.5) is 5.95 Å². The standard InChI is InChI=1S/C12H8Cl2N4/c13-7-3-4-8(14)10(6-7)18-11-9(17-12(18)15)2-1-5-16-11/h1-6H,(H2,15,17). The van der Waals surface area contributed by atoms with Gasteiger partial charge in [0.05, 0.1) is 10.7 Å². The molecule has 0 aliphatic carbocycles. The number of hydrogen-bond acceptors (Lipinski definition) is 3. The highest BCUT2D eigenvalue weighted by atomic mass is 35.5. The Kier molecular flexibility index (Phi) is 2.61. The van der Waals surface area contributed by atoms with Crippen LogP contribution < -0.4 is 5.73 Å². The predicted molar refractivity (Wildman–Crippen MR) is 73.3 cm³/mol. The van der Waals surface area contributed by atoms with Crippen molar-refractivity contribution >= 4 is 40.3 Å². The van der Waals surface area contributed by atoms with Gasteiger partial charge in [0, 0.05) is 11.2 Å². The number of rotatable bonds is 1. The maximum atomic E-state index is 6.17. The summed E-state index contributed by atoms with van der Waals surface area (Å²) in [4.78, 5) is 8.50. The molecule has 6 heteroatoms. The number of benzene rings is 1. The van der Waals surface area contributed by atoms with Crippen LogP contribution in [-0.4, -0.2) is 14.5 Å². The number of nitrogens with zero attached hydrogens (tertiary/aromatic N) is 3. The van der Waals surface area contributed by atoms with Crippen LogP contribution in [0.1, 0.15) is 0 Å². The van der Waals surface area contributed by atoms with E-state index < -0.39 is 0 Å². The van der Waals surface area contributed by atoms with Gasteiger partial charge < -0.3 is 5.73 Å². The average Bonchev–Trinajstić information content (AvgIpc) is 2.68. The van der Waals surface area contributed by atoms with Crippen molar-refractivity contribution in [2.24, 2.45) is 0 Å². The third kappa shape index (κ3) is 1.70. The van der Waals surface area contributed by atoms with Gasteiger partial charge in [0.1, 0.15) is 5.52 Å². The number of imidazole rings is 1. The van der Waals surface area contributed by atoms with Crippen LogP contribution in [0.2, 0.25) is 10.0 Å². The van der Waals surface area contributed by atoms with Crippen molar-refractivity contribution in [2.75, 3.05) is 5.73 Å². The van der Waals surface area contributed by atoms with Crippen molar-refractivity contribution in [1.82, 2.24) is 14.5 Å². The Morgan fingerprint density at radius 2 is 2.00 bits per heavy atom. The summed E-state index contributed by atoms with van der Waals surface area (Å²) in [6.45, 7) is 0. The number of anilines is 1. The first kappa shape index (κ1) is 11.3. The normalized spacial score (nSPS) is 11.0. The smallest absolute Gasteiger partial charge is 0.207 e. The summed E-state index contributed by atoms with van der Waals surface area (Å²) in [5.74, 6) is 0.327. The summed E-state index contributed by atoms with van der Waals surface area (Å²) in [6, 6.07) is 8.81. The fourth-order valence-corrected chi connectivity index (χ4v) is 2.19. The molecular weight excluding hydrogens is 271 g/mol. The van der Waals surface area contributed by atoms with E-state index in [2.05, 4.69) is 9.97 Å². The van der Waals surface area contributed by atoms with Crippen molar-refractivity contribution in [3.05, 3.63) is 46.6 Å². The molecule has 0 aliphatic heterocycles.